The monoisotopic (exact) mass is 280 g/mol. The van der Waals surface area contributed by atoms with Crippen LogP contribution in [0.1, 0.15) is 19.8 Å². The molecular formula is C9H16N2O4S2. The first-order chi connectivity index (χ1) is 7.94. The molecule has 0 saturated carbocycles. The van der Waals surface area contributed by atoms with E-state index in [1.54, 1.807) is 6.92 Å². The molecule has 0 aromatic heterocycles. The lowest BCUT2D eigenvalue weighted by atomic mass is 10.3. The van der Waals surface area contributed by atoms with Crippen LogP contribution in [-0.4, -0.2) is 58.4 Å². The first-order valence-corrected chi connectivity index (χ1v) is 8.02. The molecule has 2 aliphatic rings. The quantitative estimate of drug-likeness (QED) is 0.797. The van der Waals surface area contributed by atoms with Crippen molar-refractivity contribution in [3.8, 4) is 0 Å². The normalized spacial score (nSPS) is 32.1. The topological polar surface area (TPSA) is 77.9 Å². The number of carbonyl (C=O) groups is 1. The molecule has 0 spiro atoms. The van der Waals surface area contributed by atoms with Crippen molar-refractivity contribution in [1.82, 2.24) is 8.61 Å². The van der Waals surface area contributed by atoms with Crippen molar-refractivity contribution in [3.05, 3.63) is 0 Å². The largest absolute Gasteiger partial charge is 0.480 e. The van der Waals surface area contributed by atoms with Crippen LogP contribution >= 0.6 is 11.8 Å². The molecule has 8 heteroatoms. The smallest absolute Gasteiger partial charge is 0.322 e. The zero-order valence-corrected chi connectivity index (χ0v) is 11.2. The predicted octanol–water partition coefficient (Wildman–Crippen LogP) is 0.175. The number of nitrogens with zero attached hydrogens (tertiary/aromatic N) is 2. The summed E-state index contributed by atoms with van der Waals surface area (Å²) in [6.45, 7) is 2.74. The SMILES string of the molecule is CC1SCC(C(=O)O)N1S(=O)(=O)N1CCCC1. The number of aliphatic carboxylic acids is 1. The molecular weight excluding hydrogens is 264 g/mol. The van der Waals surface area contributed by atoms with Crippen LogP contribution in [0.5, 0.6) is 0 Å². The molecule has 2 unspecified atom stereocenters. The van der Waals surface area contributed by atoms with Crippen molar-refractivity contribution in [1.29, 1.82) is 0 Å². The predicted molar refractivity (Wildman–Crippen MR) is 64.9 cm³/mol. The van der Waals surface area contributed by atoms with Crippen molar-refractivity contribution in [2.24, 2.45) is 0 Å². The van der Waals surface area contributed by atoms with Gasteiger partial charge in [-0.3, -0.25) is 4.79 Å². The average molecular weight is 280 g/mol. The second-order valence-corrected chi connectivity index (χ2v) is 7.41. The Hall–Kier alpha value is -0.310. The number of hydrogen-bond acceptors (Lipinski definition) is 4. The maximum atomic E-state index is 12.3. The lowest BCUT2D eigenvalue weighted by Crippen LogP contribution is -2.50. The third-order valence-electron chi connectivity index (χ3n) is 3.10. The molecule has 0 bridgehead atoms. The van der Waals surface area contributed by atoms with E-state index in [9.17, 15) is 13.2 Å². The van der Waals surface area contributed by atoms with Gasteiger partial charge in [-0.1, -0.05) is 0 Å². The van der Waals surface area contributed by atoms with E-state index in [2.05, 4.69) is 0 Å². The molecule has 2 saturated heterocycles. The van der Waals surface area contributed by atoms with E-state index in [0.717, 1.165) is 17.1 Å². The summed E-state index contributed by atoms with van der Waals surface area (Å²) in [7, 11) is -3.62. The fraction of sp³-hybridized carbons (Fsp3) is 0.889. The zero-order valence-electron chi connectivity index (χ0n) is 9.57. The minimum Gasteiger partial charge on any atom is -0.480 e. The Morgan fingerprint density at radius 1 is 1.35 bits per heavy atom. The van der Waals surface area contributed by atoms with Crippen LogP contribution in [0.15, 0.2) is 0 Å². The molecule has 0 aliphatic carbocycles. The van der Waals surface area contributed by atoms with E-state index >= 15 is 0 Å². The van der Waals surface area contributed by atoms with E-state index in [1.165, 1.54) is 16.1 Å². The van der Waals surface area contributed by atoms with Gasteiger partial charge in [0, 0.05) is 18.8 Å². The van der Waals surface area contributed by atoms with Crippen molar-refractivity contribution in [2.45, 2.75) is 31.2 Å². The molecule has 2 heterocycles. The molecule has 17 heavy (non-hydrogen) atoms. The highest BCUT2D eigenvalue weighted by atomic mass is 32.2. The maximum absolute atomic E-state index is 12.3. The summed E-state index contributed by atoms with van der Waals surface area (Å²) in [5, 5.41) is 8.77. The minimum absolute atomic E-state index is 0.304. The average Bonchev–Trinajstić information content (AvgIpc) is 2.84. The van der Waals surface area contributed by atoms with Gasteiger partial charge in [0.15, 0.2) is 0 Å². The van der Waals surface area contributed by atoms with Gasteiger partial charge < -0.3 is 5.11 Å². The van der Waals surface area contributed by atoms with Crippen LogP contribution in [0.25, 0.3) is 0 Å². The fourth-order valence-corrected chi connectivity index (χ4v) is 5.72. The van der Waals surface area contributed by atoms with Gasteiger partial charge in [-0.05, 0) is 19.8 Å². The highest BCUT2D eigenvalue weighted by Crippen LogP contribution is 2.33. The van der Waals surface area contributed by atoms with Crippen LogP contribution in [-0.2, 0) is 15.0 Å². The summed E-state index contributed by atoms with van der Waals surface area (Å²) in [5.74, 6) is -0.742. The van der Waals surface area contributed by atoms with Crippen LogP contribution in [0.3, 0.4) is 0 Å². The van der Waals surface area contributed by atoms with E-state index in [0.29, 0.717) is 18.8 Å². The highest BCUT2D eigenvalue weighted by molar-refractivity contribution is 8.01. The Balaban J connectivity index is 2.26. The summed E-state index contributed by atoms with van der Waals surface area (Å²) >= 11 is 1.37. The molecule has 0 radical (unpaired) electrons. The Labute approximate surface area is 105 Å². The molecule has 2 fully saturated rings. The molecule has 2 aliphatic heterocycles. The second-order valence-electron chi connectivity index (χ2n) is 4.23. The summed E-state index contributed by atoms with van der Waals surface area (Å²) in [5.41, 5.74) is 0. The number of thioether (sulfide) groups is 1. The van der Waals surface area contributed by atoms with Crippen molar-refractivity contribution >= 4 is 27.9 Å². The number of carboxylic acids is 1. The molecule has 1 N–H and O–H groups in total. The second kappa shape index (κ2) is 4.75. The first kappa shape index (κ1) is 13.1. The van der Waals surface area contributed by atoms with Gasteiger partial charge in [0.05, 0.1) is 5.37 Å². The van der Waals surface area contributed by atoms with E-state index < -0.39 is 22.2 Å². The Morgan fingerprint density at radius 2 is 1.94 bits per heavy atom. The zero-order chi connectivity index (χ0) is 12.6. The Morgan fingerprint density at radius 3 is 2.47 bits per heavy atom. The van der Waals surface area contributed by atoms with Gasteiger partial charge in [-0.25, -0.2) is 0 Å². The lowest BCUT2D eigenvalue weighted by molar-refractivity contribution is -0.140. The minimum atomic E-state index is -3.62. The third-order valence-corrected chi connectivity index (χ3v) is 6.58. The lowest BCUT2D eigenvalue weighted by Gasteiger charge is -2.28. The van der Waals surface area contributed by atoms with E-state index in [1.807, 2.05) is 0 Å². The van der Waals surface area contributed by atoms with Crippen molar-refractivity contribution < 1.29 is 18.3 Å². The highest BCUT2D eigenvalue weighted by Gasteiger charge is 2.46. The van der Waals surface area contributed by atoms with Crippen LogP contribution < -0.4 is 0 Å². The number of hydrogen-bond donors (Lipinski definition) is 1. The van der Waals surface area contributed by atoms with E-state index in [4.69, 9.17) is 5.11 Å². The van der Waals surface area contributed by atoms with Crippen molar-refractivity contribution in [3.63, 3.8) is 0 Å². The van der Waals surface area contributed by atoms with Gasteiger partial charge in [-0.2, -0.15) is 17.0 Å². The van der Waals surface area contributed by atoms with Gasteiger partial charge in [0.2, 0.25) is 0 Å². The van der Waals surface area contributed by atoms with Crippen LogP contribution in [0.4, 0.5) is 0 Å². The first-order valence-electron chi connectivity index (χ1n) is 5.57. The summed E-state index contributed by atoms with van der Waals surface area (Å²) in [6, 6.07) is -0.930. The number of carboxylic acid groups (broad SMARTS) is 1. The van der Waals surface area contributed by atoms with Gasteiger partial charge in [0.1, 0.15) is 6.04 Å². The van der Waals surface area contributed by atoms with Gasteiger partial charge in [0.25, 0.3) is 10.2 Å². The Bertz CT molecular complexity index is 405. The van der Waals surface area contributed by atoms with Crippen molar-refractivity contribution in [2.75, 3.05) is 18.8 Å². The van der Waals surface area contributed by atoms with Crippen LogP contribution in [0, 0.1) is 0 Å². The molecule has 0 amide bonds. The third kappa shape index (κ3) is 2.31. The Kier molecular flexibility index (Phi) is 3.67. The van der Waals surface area contributed by atoms with Gasteiger partial charge in [-0.15, -0.1) is 11.8 Å². The molecule has 2 rings (SSSR count). The summed E-state index contributed by atoms with van der Waals surface area (Å²) in [4.78, 5) is 11.1. The summed E-state index contributed by atoms with van der Waals surface area (Å²) < 4.78 is 27.2. The molecule has 6 nitrogen and oxygen atoms in total. The summed E-state index contributed by atoms with van der Waals surface area (Å²) in [6.07, 6.45) is 1.71. The van der Waals surface area contributed by atoms with Crippen LogP contribution in [0.2, 0.25) is 0 Å². The fourth-order valence-electron chi connectivity index (χ4n) is 2.21. The standard InChI is InChI=1S/C9H16N2O4S2/c1-7-11(8(6-16-7)9(12)13)17(14,15)10-4-2-3-5-10/h7-8H,2-6H2,1H3,(H,12,13). The number of rotatable bonds is 3. The molecule has 0 aromatic carbocycles. The maximum Gasteiger partial charge on any atom is 0.322 e. The molecule has 2 atom stereocenters. The molecule has 98 valence electrons. The molecule has 0 aromatic rings. The van der Waals surface area contributed by atoms with Gasteiger partial charge >= 0.3 is 5.97 Å². The van der Waals surface area contributed by atoms with E-state index in [-0.39, 0.29) is 5.37 Å².